The Balaban J connectivity index is 1.47. The van der Waals surface area contributed by atoms with Crippen molar-refractivity contribution in [3.63, 3.8) is 0 Å². The first-order valence-corrected chi connectivity index (χ1v) is 11.0. The van der Waals surface area contributed by atoms with Gasteiger partial charge in [0.25, 0.3) is 5.91 Å². The molecule has 6 nitrogen and oxygen atoms in total. The van der Waals surface area contributed by atoms with Gasteiger partial charge in [0, 0.05) is 41.8 Å². The Kier molecular flexibility index (Phi) is 6.24. The number of ether oxygens (including phenoxy) is 1. The standard InChI is InChI=1S/C21H28N4O2S/c1-2-9-25-19-6-5-16(22-8-7-17-4-3-14-28-17)15-18(19)20(23-25)21(26)24-10-12-27-13-11-24/h2-4,14,16,22H,1,5-13,15H2/t16-/m1/s1. The van der Waals surface area contributed by atoms with Crippen LogP contribution in [0.4, 0.5) is 0 Å². The number of morpholine rings is 1. The van der Waals surface area contributed by atoms with Crippen LogP contribution in [0, 0.1) is 0 Å². The second kappa shape index (κ2) is 9.03. The van der Waals surface area contributed by atoms with E-state index < -0.39 is 0 Å². The summed E-state index contributed by atoms with van der Waals surface area (Å²) in [6, 6.07) is 4.68. The quantitative estimate of drug-likeness (QED) is 0.725. The zero-order valence-corrected chi connectivity index (χ0v) is 17.0. The van der Waals surface area contributed by atoms with E-state index in [1.54, 1.807) is 11.3 Å². The van der Waals surface area contributed by atoms with E-state index in [0.717, 1.165) is 37.8 Å². The van der Waals surface area contributed by atoms with Crippen LogP contribution in [0.5, 0.6) is 0 Å². The molecule has 7 heteroatoms. The second-order valence-electron chi connectivity index (χ2n) is 7.37. The molecule has 0 unspecified atom stereocenters. The molecule has 0 radical (unpaired) electrons. The van der Waals surface area contributed by atoms with Crippen molar-refractivity contribution < 1.29 is 9.53 Å². The molecular formula is C21H28N4O2S. The molecule has 2 aromatic heterocycles. The maximum Gasteiger partial charge on any atom is 0.274 e. The molecule has 1 amide bonds. The number of nitrogens with one attached hydrogen (secondary N) is 1. The topological polar surface area (TPSA) is 59.4 Å². The molecule has 1 aliphatic carbocycles. The van der Waals surface area contributed by atoms with Crippen LogP contribution in [-0.4, -0.2) is 59.5 Å². The molecule has 28 heavy (non-hydrogen) atoms. The van der Waals surface area contributed by atoms with Gasteiger partial charge in [-0.15, -0.1) is 17.9 Å². The molecule has 1 fully saturated rings. The smallest absolute Gasteiger partial charge is 0.274 e. The lowest BCUT2D eigenvalue weighted by Gasteiger charge is -2.28. The lowest BCUT2D eigenvalue weighted by Crippen LogP contribution is -2.42. The van der Waals surface area contributed by atoms with Crippen molar-refractivity contribution in [2.45, 2.75) is 38.3 Å². The normalized spacial score (nSPS) is 19.4. The largest absolute Gasteiger partial charge is 0.378 e. The molecule has 1 saturated heterocycles. The van der Waals surface area contributed by atoms with Crippen LogP contribution in [0.1, 0.15) is 33.0 Å². The number of carbonyl (C=O) groups is 1. The van der Waals surface area contributed by atoms with Gasteiger partial charge in [-0.2, -0.15) is 5.10 Å². The fourth-order valence-electron chi connectivity index (χ4n) is 4.08. The van der Waals surface area contributed by atoms with Gasteiger partial charge in [0.2, 0.25) is 0 Å². The van der Waals surface area contributed by atoms with Crippen LogP contribution in [0.25, 0.3) is 0 Å². The summed E-state index contributed by atoms with van der Waals surface area (Å²) in [5, 5.41) is 10.5. The minimum absolute atomic E-state index is 0.0431. The van der Waals surface area contributed by atoms with Crippen LogP contribution in [0.3, 0.4) is 0 Å². The van der Waals surface area contributed by atoms with Crippen LogP contribution in [-0.2, 0) is 30.5 Å². The third-order valence-electron chi connectivity index (χ3n) is 5.53. The molecule has 1 N–H and O–H groups in total. The number of allylic oxidation sites excluding steroid dienone is 1. The molecule has 150 valence electrons. The highest BCUT2D eigenvalue weighted by atomic mass is 32.1. The van der Waals surface area contributed by atoms with E-state index in [2.05, 4.69) is 29.4 Å². The number of thiophene rings is 1. The third kappa shape index (κ3) is 4.21. The van der Waals surface area contributed by atoms with Crippen molar-refractivity contribution in [1.29, 1.82) is 0 Å². The van der Waals surface area contributed by atoms with Gasteiger partial charge in [0.15, 0.2) is 5.69 Å². The average Bonchev–Trinajstić information content (AvgIpc) is 3.37. The van der Waals surface area contributed by atoms with Gasteiger partial charge in [-0.25, -0.2) is 0 Å². The Morgan fingerprint density at radius 1 is 1.43 bits per heavy atom. The molecule has 1 aliphatic heterocycles. The van der Waals surface area contributed by atoms with E-state index in [0.29, 0.717) is 44.6 Å². The van der Waals surface area contributed by atoms with E-state index in [9.17, 15) is 4.79 Å². The maximum absolute atomic E-state index is 13.1. The Morgan fingerprint density at radius 2 is 2.29 bits per heavy atom. The number of hydrogen-bond acceptors (Lipinski definition) is 5. The van der Waals surface area contributed by atoms with Crippen molar-refractivity contribution in [3.8, 4) is 0 Å². The summed E-state index contributed by atoms with van der Waals surface area (Å²) in [5.74, 6) is 0.0431. The Labute approximate surface area is 170 Å². The van der Waals surface area contributed by atoms with Gasteiger partial charge in [-0.05, 0) is 37.1 Å². The van der Waals surface area contributed by atoms with Gasteiger partial charge in [-0.1, -0.05) is 12.1 Å². The van der Waals surface area contributed by atoms with Gasteiger partial charge in [0.05, 0.1) is 19.8 Å². The van der Waals surface area contributed by atoms with Crippen LogP contribution in [0.15, 0.2) is 30.2 Å². The minimum Gasteiger partial charge on any atom is -0.378 e. The molecule has 4 rings (SSSR count). The molecule has 2 aliphatic rings. The van der Waals surface area contributed by atoms with Crippen molar-refractivity contribution in [2.75, 3.05) is 32.8 Å². The molecule has 0 saturated carbocycles. The van der Waals surface area contributed by atoms with Crippen LogP contribution >= 0.6 is 11.3 Å². The van der Waals surface area contributed by atoms with Crippen LogP contribution < -0.4 is 5.32 Å². The predicted octanol–water partition coefficient (Wildman–Crippen LogP) is 2.29. The van der Waals surface area contributed by atoms with E-state index in [1.165, 1.54) is 10.6 Å². The molecule has 0 spiro atoms. The summed E-state index contributed by atoms with van der Waals surface area (Å²) in [7, 11) is 0. The summed E-state index contributed by atoms with van der Waals surface area (Å²) in [4.78, 5) is 16.4. The van der Waals surface area contributed by atoms with Gasteiger partial charge in [-0.3, -0.25) is 9.48 Å². The van der Waals surface area contributed by atoms with E-state index in [4.69, 9.17) is 9.84 Å². The highest BCUT2D eigenvalue weighted by Gasteiger charge is 2.31. The SMILES string of the molecule is C=CCn1nc(C(=O)N2CCOCC2)c2c1CC[C@@H](NCCc1cccs1)C2. The van der Waals surface area contributed by atoms with Crippen LogP contribution in [0.2, 0.25) is 0 Å². The lowest BCUT2D eigenvalue weighted by atomic mass is 9.91. The average molecular weight is 401 g/mol. The van der Waals surface area contributed by atoms with Gasteiger partial charge in [0.1, 0.15) is 0 Å². The third-order valence-corrected chi connectivity index (χ3v) is 6.47. The fourth-order valence-corrected chi connectivity index (χ4v) is 4.79. The zero-order chi connectivity index (χ0) is 19.3. The molecule has 2 aromatic rings. The predicted molar refractivity (Wildman–Crippen MR) is 111 cm³/mol. The number of carbonyl (C=O) groups excluding carboxylic acids is 1. The summed E-state index contributed by atoms with van der Waals surface area (Å²) in [6.07, 6.45) is 5.79. The summed E-state index contributed by atoms with van der Waals surface area (Å²) in [5.41, 5.74) is 2.95. The van der Waals surface area contributed by atoms with Gasteiger partial charge < -0.3 is 15.0 Å². The highest BCUT2D eigenvalue weighted by molar-refractivity contribution is 7.09. The van der Waals surface area contributed by atoms with Gasteiger partial charge >= 0.3 is 0 Å². The molecule has 1 atom stereocenters. The number of nitrogens with zero attached hydrogens (tertiary/aromatic N) is 3. The van der Waals surface area contributed by atoms with Crippen molar-refractivity contribution >= 4 is 17.2 Å². The first-order valence-electron chi connectivity index (χ1n) is 10.1. The summed E-state index contributed by atoms with van der Waals surface area (Å²) < 4.78 is 7.36. The Hall–Kier alpha value is -1.96. The van der Waals surface area contributed by atoms with E-state index in [-0.39, 0.29) is 5.91 Å². The number of amides is 1. The molecule has 3 heterocycles. The zero-order valence-electron chi connectivity index (χ0n) is 16.2. The monoisotopic (exact) mass is 400 g/mol. The maximum atomic E-state index is 13.1. The number of aromatic nitrogens is 2. The van der Waals surface area contributed by atoms with Crippen molar-refractivity contribution in [3.05, 3.63) is 52.0 Å². The van der Waals surface area contributed by atoms with E-state index >= 15 is 0 Å². The molecule has 0 aromatic carbocycles. The first kappa shape index (κ1) is 19.4. The number of rotatable bonds is 7. The Morgan fingerprint density at radius 3 is 3.04 bits per heavy atom. The first-order chi connectivity index (χ1) is 13.8. The molecular weight excluding hydrogens is 372 g/mol. The number of fused-ring (bicyclic) bond motifs is 1. The number of hydrogen-bond donors (Lipinski definition) is 1. The second-order valence-corrected chi connectivity index (χ2v) is 8.40. The van der Waals surface area contributed by atoms with Crippen molar-refractivity contribution in [1.82, 2.24) is 20.0 Å². The van der Waals surface area contributed by atoms with E-state index in [1.807, 2.05) is 15.7 Å². The highest BCUT2D eigenvalue weighted by Crippen LogP contribution is 2.26. The fraction of sp³-hybridized carbons (Fsp3) is 0.524. The van der Waals surface area contributed by atoms with Crippen molar-refractivity contribution in [2.24, 2.45) is 0 Å². The summed E-state index contributed by atoms with van der Waals surface area (Å²) in [6.45, 7) is 7.96. The molecule has 0 bridgehead atoms. The minimum atomic E-state index is 0.0431. The summed E-state index contributed by atoms with van der Waals surface area (Å²) >= 11 is 1.81. The lowest BCUT2D eigenvalue weighted by molar-refractivity contribution is 0.0297. The Bertz CT molecular complexity index is 809.